The van der Waals surface area contributed by atoms with Gasteiger partial charge in [-0.25, -0.2) is 9.29 Å². The number of ether oxygens (including phenoxy) is 1. The Morgan fingerprint density at radius 2 is 1.62 bits per heavy atom. The van der Waals surface area contributed by atoms with Gasteiger partial charge in [0.2, 0.25) is 0 Å². The number of imide groups is 1. The Hall–Kier alpha value is -1.63. The van der Waals surface area contributed by atoms with E-state index in [4.69, 9.17) is 16.3 Å². The van der Waals surface area contributed by atoms with Crippen LogP contribution in [0.2, 0.25) is 5.02 Å². The number of carbonyl (C=O) groups excluding carboxylic acids is 2. The summed E-state index contributed by atoms with van der Waals surface area (Å²) in [6.45, 7) is 0.311. The second-order valence-corrected chi connectivity index (χ2v) is 10.5. The van der Waals surface area contributed by atoms with Crippen LogP contribution in [0.4, 0.5) is 14.9 Å². The number of thioether (sulfide) groups is 1. The topological polar surface area (TPSA) is 46.6 Å². The molecule has 0 aliphatic carbocycles. The summed E-state index contributed by atoms with van der Waals surface area (Å²) in [6, 6.07) is 16.5. The minimum atomic E-state index is -0.371. The van der Waals surface area contributed by atoms with Crippen molar-refractivity contribution in [3.63, 3.8) is 0 Å². The second kappa shape index (κ2) is 10.1. The summed E-state index contributed by atoms with van der Waals surface area (Å²) in [5.74, 6) is 0.0497. The maximum Gasteiger partial charge on any atom is 0.298 e. The highest BCUT2D eigenvalue weighted by Crippen LogP contribution is 2.37. The first kappa shape index (κ1) is 23.5. The average Bonchev–Trinajstić information content (AvgIpc) is 3.02. The van der Waals surface area contributed by atoms with Gasteiger partial charge in [0.05, 0.1) is 17.7 Å². The Kier molecular flexibility index (Phi) is 7.43. The normalized spacial score (nSPS) is 15.0. The number of halogens is 4. The Morgan fingerprint density at radius 1 is 1.00 bits per heavy atom. The standard InChI is InChI=1S/C23H13ClFI2NO3S/c24-15-3-7-17(8-4-15)28-22(29)20(32-23(28)30)11-14-9-18(26)21(19(27)10-14)31-12-13-1-5-16(25)6-2-13/h1-11H,12H2/b20-11+. The molecular weight excluding hydrogens is 679 g/mol. The molecule has 0 saturated carbocycles. The Labute approximate surface area is 220 Å². The number of anilines is 1. The molecule has 4 rings (SSSR count). The van der Waals surface area contributed by atoms with Gasteiger partial charge in [0.15, 0.2) is 0 Å². The van der Waals surface area contributed by atoms with Gasteiger partial charge in [-0.2, -0.15) is 0 Å². The van der Waals surface area contributed by atoms with Crippen molar-refractivity contribution in [3.05, 3.63) is 94.7 Å². The fraction of sp³-hybridized carbons (Fsp3) is 0.0435. The van der Waals surface area contributed by atoms with Crippen molar-refractivity contribution in [2.24, 2.45) is 0 Å². The van der Waals surface area contributed by atoms with Gasteiger partial charge in [-0.05, 0) is 123 Å². The van der Waals surface area contributed by atoms with Crippen LogP contribution in [-0.4, -0.2) is 11.1 Å². The van der Waals surface area contributed by atoms with E-state index in [0.717, 1.165) is 34.9 Å². The van der Waals surface area contributed by atoms with E-state index >= 15 is 0 Å². The molecule has 0 unspecified atom stereocenters. The van der Waals surface area contributed by atoms with Gasteiger partial charge < -0.3 is 4.74 Å². The van der Waals surface area contributed by atoms with Crippen molar-refractivity contribution >= 4 is 91.5 Å². The average molecular weight is 692 g/mol. The molecule has 1 fully saturated rings. The molecule has 0 bridgehead atoms. The smallest absolute Gasteiger partial charge is 0.298 e. The van der Waals surface area contributed by atoms with Gasteiger partial charge in [0.1, 0.15) is 18.2 Å². The summed E-state index contributed by atoms with van der Waals surface area (Å²) in [6.07, 6.45) is 1.70. The molecule has 9 heteroatoms. The van der Waals surface area contributed by atoms with Crippen molar-refractivity contribution in [1.29, 1.82) is 0 Å². The highest BCUT2D eigenvalue weighted by molar-refractivity contribution is 14.1. The first-order valence-electron chi connectivity index (χ1n) is 9.21. The zero-order valence-corrected chi connectivity index (χ0v) is 22.0. The lowest BCUT2D eigenvalue weighted by atomic mass is 10.2. The summed E-state index contributed by atoms with van der Waals surface area (Å²) < 4.78 is 20.7. The molecule has 4 nitrogen and oxygen atoms in total. The van der Waals surface area contributed by atoms with Crippen LogP contribution in [0.5, 0.6) is 5.75 Å². The highest BCUT2D eigenvalue weighted by Gasteiger charge is 2.36. The van der Waals surface area contributed by atoms with Crippen molar-refractivity contribution in [1.82, 2.24) is 0 Å². The second-order valence-electron chi connectivity index (χ2n) is 6.72. The molecule has 3 aromatic rings. The third-order valence-corrected chi connectivity index (χ3v) is 7.22. The van der Waals surface area contributed by atoms with Gasteiger partial charge in [0.25, 0.3) is 11.1 Å². The number of hydrogen-bond donors (Lipinski definition) is 0. The maximum absolute atomic E-state index is 13.1. The van der Waals surface area contributed by atoms with Gasteiger partial charge in [0, 0.05) is 5.02 Å². The van der Waals surface area contributed by atoms with Crippen molar-refractivity contribution < 1.29 is 18.7 Å². The Bertz CT molecular complexity index is 1210. The molecule has 32 heavy (non-hydrogen) atoms. The third-order valence-electron chi connectivity index (χ3n) is 4.49. The van der Waals surface area contributed by atoms with Gasteiger partial charge >= 0.3 is 0 Å². The Morgan fingerprint density at radius 3 is 2.25 bits per heavy atom. The lowest BCUT2D eigenvalue weighted by Crippen LogP contribution is -2.27. The molecule has 0 N–H and O–H groups in total. The first-order chi connectivity index (χ1) is 15.3. The zero-order valence-electron chi connectivity index (χ0n) is 16.2. The molecule has 1 heterocycles. The summed E-state index contributed by atoms with van der Waals surface area (Å²) in [7, 11) is 0. The van der Waals surface area contributed by atoms with Crippen LogP contribution in [0, 0.1) is 13.0 Å². The van der Waals surface area contributed by atoms with E-state index in [1.165, 1.54) is 12.1 Å². The van der Waals surface area contributed by atoms with E-state index in [0.29, 0.717) is 28.0 Å². The van der Waals surface area contributed by atoms with Crippen molar-refractivity contribution in [2.45, 2.75) is 6.61 Å². The molecule has 1 aliphatic rings. The number of benzene rings is 3. The minimum absolute atomic E-state index is 0.289. The predicted molar refractivity (Wildman–Crippen MR) is 143 cm³/mol. The summed E-state index contributed by atoms with van der Waals surface area (Å²) in [5.41, 5.74) is 2.13. The van der Waals surface area contributed by atoms with Crippen molar-refractivity contribution in [3.8, 4) is 5.75 Å². The molecule has 2 amide bonds. The fourth-order valence-corrected chi connectivity index (χ4v) is 6.06. The van der Waals surface area contributed by atoms with Gasteiger partial charge in [-0.15, -0.1) is 0 Å². The van der Waals surface area contributed by atoms with Crippen LogP contribution in [-0.2, 0) is 11.4 Å². The predicted octanol–water partition coefficient (Wildman–Crippen LogP) is 7.51. The molecule has 0 atom stereocenters. The van der Waals surface area contributed by atoms with E-state index in [1.54, 1.807) is 42.5 Å². The zero-order chi connectivity index (χ0) is 22.8. The summed E-state index contributed by atoms with van der Waals surface area (Å²) in [5, 5.41) is 0.175. The van der Waals surface area contributed by atoms with Crippen LogP contribution in [0.25, 0.3) is 6.08 Å². The molecule has 0 radical (unpaired) electrons. The summed E-state index contributed by atoms with van der Waals surface area (Å²) in [4.78, 5) is 26.8. The fourth-order valence-electron chi connectivity index (χ4n) is 2.97. The number of amides is 2. The first-order valence-corrected chi connectivity index (χ1v) is 12.6. The van der Waals surface area contributed by atoms with Gasteiger partial charge in [-0.1, -0.05) is 23.7 Å². The molecule has 162 valence electrons. The Balaban J connectivity index is 1.54. The summed E-state index contributed by atoms with van der Waals surface area (Å²) >= 11 is 11.1. The lowest BCUT2D eigenvalue weighted by molar-refractivity contribution is -0.113. The van der Waals surface area contributed by atoms with Crippen LogP contribution in [0.3, 0.4) is 0 Å². The maximum atomic E-state index is 13.1. The van der Waals surface area contributed by atoms with Crippen LogP contribution < -0.4 is 9.64 Å². The van der Waals surface area contributed by atoms with E-state index < -0.39 is 0 Å². The monoisotopic (exact) mass is 691 g/mol. The largest absolute Gasteiger partial charge is 0.487 e. The van der Waals surface area contributed by atoms with Crippen LogP contribution in [0.1, 0.15) is 11.1 Å². The van der Waals surface area contributed by atoms with Crippen LogP contribution >= 0.6 is 68.5 Å². The number of carbonyl (C=O) groups is 2. The van der Waals surface area contributed by atoms with Crippen LogP contribution in [0.15, 0.2) is 65.6 Å². The molecular formula is C23H13ClFI2NO3S. The SMILES string of the molecule is O=C1S/C(=C/c2cc(I)c(OCc3ccc(F)cc3)c(I)c2)C(=O)N1c1ccc(Cl)cc1. The molecule has 1 aliphatic heterocycles. The van der Waals surface area contributed by atoms with Crippen molar-refractivity contribution in [2.75, 3.05) is 4.90 Å². The third kappa shape index (κ3) is 5.29. The van der Waals surface area contributed by atoms with E-state index in [-0.39, 0.29) is 17.0 Å². The molecule has 1 saturated heterocycles. The lowest BCUT2D eigenvalue weighted by Gasteiger charge is -2.12. The number of rotatable bonds is 5. The van der Waals surface area contributed by atoms with E-state index in [9.17, 15) is 14.0 Å². The molecule has 3 aromatic carbocycles. The van der Waals surface area contributed by atoms with E-state index in [2.05, 4.69) is 45.2 Å². The highest BCUT2D eigenvalue weighted by atomic mass is 127. The number of nitrogens with zero attached hydrogens (tertiary/aromatic N) is 1. The minimum Gasteiger partial charge on any atom is -0.487 e. The number of hydrogen-bond acceptors (Lipinski definition) is 4. The molecule has 0 spiro atoms. The van der Waals surface area contributed by atoms with E-state index in [1.807, 2.05) is 12.1 Å². The quantitative estimate of drug-likeness (QED) is 0.205. The van der Waals surface area contributed by atoms with Gasteiger partial charge in [-0.3, -0.25) is 9.59 Å². The molecule has 0 aromatic heterocycles.